The number of aromatic carboxylic acids is 1. The number of alkyl halides is 3. The Kier molecular flexibility index (Phi) is 8.03. The number of rotatable bonds is 8. The summed E-state index contributed by atoms with van der Waals surface area (Å²) in [6, 6.07) is 18.4. The number of allylic oxidation sites excluding steroid dienone is 1. The van der Waals surface area contributed by atoms with Crippen LogP contribution in [0.15, 0.2) is 66.2 Å². The van der Waals surface area contributed by atoms with E-state index in [0.29, 0.717) is 24.8 Å². The van der Waals surface area contributed by atoms with Crippen molar-refractivity contribution in [1.82, 2.24) is 4.90 Å². The number of nitrogens with zero attached hydrogens (tertiary/aromatic N) is 1. The van der Waals surface area contributed by atoms with Crippen molar-refractivity contribution in [2.24, 2.45) is 0 Å². The Balaban J connectivity index is 1.59. The van der Waals surface area contributed by atoms with Crippen LogP contribution in [-0.4, -0.2) is 42.3 Å². The summed E-state index contributed by atoms with van der Waals surface area (Å²) in [7, 11) is 0. The second-order valence-corrected chi connectivity index (χ2v) is 10.5. The summed E-state index contributed by atoms with van der Waals surface area (Å²) in [5.41, 5.74) is 8.53. The lowest BCUT2D eigenvalue weighted by atomic mass is 9.85. The van der Waals surface area contributed by atoms with Crippen molar-refractivity contribution in [3.05, 3.63) is 111 Å². The molecule has 202 valence electrons. The lowest BCUT2D eigenvalue weighted by molar-refractivity contribution is 0.0696. The van der Waals surface area contributed by atoms with Crippen LogP contribution in [0.3, 0.4) is 0 Å². The number of carboxylic acid groups (broad SMARTS) is 1. The van der Waals surface area contributed by atoms with Crippen LogP contribution >= 0.6 is 0 Å². The molecular formula is C33H32F3NO2. The minimum absolute atomic E-state index is 0.0161. The number of carbonyl (C=O) groups is 1. The molecule has 0 amide bonds. The Morgan fingerprint density at radius 3 is 2.46 bits per heavy atom. The van der Waals surface area contributed by atoms with Gasteiger partial charge in [-0.2, -0.15) is 0 Å². The molecule has 6 heteroatoms. The lowest BCUT2D eigenvalue weighted by Crippen LogP contribution is -2.40. The molecule has 1 saturated heterocycles. The maximum atomic E-state index is 14.2. The summed E-state index contributed by atoms with van der Waals surface area (Å²) in [5, 5.41) is 9.56. The van der Waals surface area contributed by atoms with E-state index >= 15 is 0 Å². The van der Waals surface area contributed by atoms with Crippen molar-refractivity contribution in [3.8, 4) is 0 Å². The number of carboxylic acids is 1. The molecule has 3 aromatic carbocycles. The summed E-state index contributed by atoms with van der Waals surface area (Å²) in [6.07, 6.45) is 2.11. The zero-order chi connectivity index (χ0) is 27.5. The molecule has 0 saturated carbocycles. The molecule has 1 heterocycles. The summed E-state index contributed by atoms with van der Waals surface area (Å²) < 4.78 is 40.8. The van der Waals surface area contributed by atoms with Crippen LogP contribution in [-0.2, 0) is 6.42 Å². The number of halogens is 3. The van der Waals surface area contributed by atoms with Crippen LogP contribution in [0.2, 0.25) is 0 Å². The highest BCUT2D eigenvalue weighted by Gasteiger charge is 2.25. The van der Waals surface area contributed by atoms with Crippen LogP contribution in [0, 0.1) is 6.92 Å². The summed E-state index contributed by atoms with van der Waals surface area (Å²) in [5.74, 6) is -0.983. The van der Waals surface area contributed by atoms with Gasteiger partial charge in [-0.3, -0.25) is 9.29 Å². The molecular weight excluding hydrogens is 499 g/mol. The van der Waals surface area contributed by atoms with E-state index in [0.717, 1.165) is 65.0 Å². The van der Waals surface area contributed by atoms with Crippen LogP contribution in [0.4, 0.5) is 13.2 Å². The Morgan fingerprint density at radius 2 is 1.77 bits per heavy atom. The number of fused-ring (bicyclic) bond motifs is 1. The number of hydrogen-bond acceptors (Lipinski definition) is 2. The Labute approximate surface area is 227 Å². The van der Waals surface area contributed by atoms with Crippen molar-refractivity contribution >= 4 is 23.2 Å². The molecule has 0 spiro atoms. The highest BCUT2D eigenvalue weighted by molar-refractivity contribution is 6.01. The van der Waals surface area contributed by atoms with E-state index in [-0.39, 0.29) is 17.8 Å². The Bertz CT molecular complexity index is 1430. The second kappa shape index (κ2) is 11.6. The monoisotopic (exact) mass is 531 g/mol. The van der Waals surface area contributed by atoms with Gasteiger partial charge in [-0.25, -0.2) is 13.6 Å². The third-order valence-corrected chi connectivity index (χ3v) is 7.60. The van der Waals surface area contributed by atoms with Gasteiger partial charge in [0.15, 0.2) is 0 Å². The molecule has 0 bridgehead atoms. The number of benzene rings is 3. The maximum Gasteiger partial charge on any atom is 0.335 e. The highest BCUT2D eigenvalue weighted by Crippen LogP contribution is 2.43. The van der Waals surface area contributed by atoms with Gasteiger partial charge in [0.05, 0.1) is 12.2 Å². The Morgan fingerprint density at radius 1 is 1.00 bits per heavy atom. The largest absolute Gasteiger partial charge is 0.478 e. The Hall–Kier alpha value is -3.64. The predicted octanol–water partition coefficient (Wildman–Crippen LogP) is 7.98. The lowest BCUT2D eigenvalue weighted by Gasteiger charge is -2.33. The molecule has 3 aromatic rings. The average Bonchev–Trinajstić information content (AvgIpc) is 3.09. The highest BCUT2D eigenvalue weighted by atomic mass is 19.3. The summed E-state index contributed by atoms with van der Waals surface area (Å²) in [4.78, 5) is 13.9. The van der Waals surface area contributed by atoms with E-state index in [9.17, 15) is 23.1 Å². The molecule has 5 rings (SSSR count). The zero-order valence-corrected chi connectivity index (χ0v) is 22.0. The molecule has 1 aliphatic carbocycles. The average molecular weight is 532 g/mol. The van der Waals surface area contributed by atoms with Gasteiger partial charge in [0.2, 0.25) is 0 Å². The van der Waals surface area contributed by atoms with Gasteiger partial charge in [-0.15, -0.1) is 0 Å². The number of likely N-dealkylation sites (tertiary alicyclic amines) is 1. The molecule has 0 unspecified atom stereocenters. The molecule has 0 aromatic heterocycles. The van der Waals surface area contributed by atoms with E-state index in [1.165, 1.54) is 11.6 Å². The van der Waals surface area contributed by atoms with Gasteiger partial charge < -0.3 is 5.11 Å². The maximum absolute atomic E-state index is 14.2. The van der Waals surface area contributed by atoms with Gasteiger partial charge in [-0.1, -0.05) is 60.2 Å². The molecule has 3 nitrogen and oxygen atoms in total. The molecule has 0 atom stereocenters. The fraction of sp³-hybridized carbons (Fsp3) is 0.303. The van der Waals surface area contributed by atoms with Crippen molar-refractivity contribution < 1.29 is 23.1 Å². The second-order valence-electron chi connectivity index (χ2n) is 10.5. The van der Waals surface area contributed by atoms with Crippen molar-refractivity contribution in [2.45, 2.75) is 39.0 Å². The molecule has 2 aliphatic rings. The van der Waals surface area contributed by atoms with Gasteiger partial charge in [0.25, 0.3) is 6.43 Å². The zero-order valence-electron chi connectivity index (χ0n) is 22.0. The smallest absolute Gasteiger partial charge is 0.335 e. The van der Waals surface area contributed by atoms with E-state index in [1.54, 1.807) is 18.2 Å². The topological polar surface area (TPSA) is 40.5 Å². The first kappa shape index (κ1) is 26.9. The summed E-state index contributed by atoms with van der Waals surface area (Å²) >= 11 is 0. The SMILES string of the molecule is Cc1ccc(C(F)F)c(C2=C(c3ccc(C=C4CN(CCCF)C4)cc3)c3ccc(C(=O)O)cc3CCC2)c1. The van der Waals surface area contributed by atoms with Crippen LogP contribution in [0.5, 0.6) is 0 Å². The first-order valence-corrected chi connectivity index (χ1v) is 13.4. The normalized spacial score (nSPS) is 15.7. The van der Waals surface area contributed by atoms with Crippen LogP contribution in [0.1, 0.15) is 75.0 Å². The fourth-order valence-corrected chi connectivity index (χ4v) is 5.68. The minimum Gasteiger partial charge on any atom is -0.478 e. The molecule has 1 fully saturated rings. The summed E-state index contributed by atoms with van der Waals surface area (Å²) in [6.45, 7) is 4.08. The van der Waals surface area contributed by atoms with E-state index in [4.69, 9.17) is 0 Å². The predicted molar refractivity (Wildman–Crippen MR) is 150 cm³/mol. The number of aryl methyl sites for hydroxylation is 2. The van der Waals surface area contributed by atoms with Gasteiger partial charge in [0, 0.05) is 25.2 Å². The van der Waals surface area contributed by atoms with E-state index in [1.807, 2.05) is 43.3 Å². The quantitative estimate of drug-likeness (QED) is 0.320. The first-order chi connectivity index (χ1) is 18.8. The van der Waals surface area contributed by atoms with E-state index in [2.05, 4.69) is 11.0 Å². The fourth-order valence-electron chi connectivity index (χ4n) is 5.68. The van der Waals surface area contributed by atoms with Crippen LogP contribution < -0.4 is 0 Å². The van der Waals surface area contributed by atoms with Gasteiger partial charge in [0.1, 0.15) is 0 Å². The van der Waals surface area contributed by atoms with Gasteiger partial charge >= 0.3 is 5.97 Å². The third-order valence-electron chi connectivity index (χ3n) is 7.60. The molecule has 0 radical (unpaired) electrons. The molecule has 39 heavy (non-hydrogen) atoms. The standard InChI is InChI=1S/C33H32F3NO2/c1-21-6-12-29(32(35)36)30(16-21)28-5-2-4-25-18-26(33(38)39)11-13-27(25)31(28)24-9-7-22(8-10-24)17-23-19-37(20-23)15-3-14-34/h6-13,16-18,32H,2-5,14-15,19-20H2,1H3,(H,38,39). The minimum atomic E-state index is -2.60. The van der Waals surface area contributed by atoms with E-state index < -0.39 is 12.4 Å². The van der Waals surface area contributed by atoms with Crippen molar-refractivity contribution in [3.63, 3.8) is 0 Å². The van der Waals surface area contributed by atoms with Gasteiger partial charge in [-0.05, 0) is 89.3 Å². The van der Waals surface area contributed by atoms with Crippen molar-refractivity contribution in [1.29, 1.82) is 0 Å². The number of hydrogen-bond donors (Lipinski definition) is 1. The van der Waals surface area contributed by atoms with Crippen LogP contribution in [0.25, 0.3) is 17.2 Å². The molecule has 1 aliphatic heterocycles. The first-order valence-electron chi connectivity index (χ1n) is 13.4. The van der Waals surface area contributed by atoms with Crippen molar-refractivity contribution in [2.75, 3.05) is 26.3 Å². The molecule has 1 N–H and O–H groups in total. The third kappa shape index (κ3) is 5.86.